The minimum absolute atomic E-state index is 0.134. The zero-order chi connectivity index (χ0) is 25.1. The number of aromatic nitrogens is 1. The van der Waals surface area contributed by atoms with E-state index >= 15 is 0 Å². The monoisotopic (exact) mass is 545 g/mol. The number of carbonyl (C=O) groups is 2. The van der Waals surface area contributed by atoms with Gasteiger partial charge < -0.3 is 25.1 Å². The van der Waals surface area contributed by atoms with Gasteiger partial charge in [-0.05, 0) is 66.9 Å². The minimum Gasteiger partial charge on any atom is -0.454 e. The van der Waals surface area contributed by atoms with Crippen LogP contribution in [-0.2, 0) is 11.2 Å². The lowest BCUT2D eigenvalue weighted by molar-refractivity contribution is -0.117. The molecule has 1 aliphatic heterocycles. The van der Waals surface area contributed by atoms with Gasteiger partial charge in [0.05, 0.1) is 0 Å². The summed E-state index contributed by atoms with van der Waals surface area (Å²) < 4.78 is 11.6. The average molecular weight is 546 g/mol. The van der Waals surface area contributed by atoms with Crippen LogP contribution in [0.15, 0.2) is 76.9 Å². The van der Waals surface area contributed by atoms with Crippen molar-refractivity contribution in [2.45, 2.75) is 13.3 Å². The summed E-state index contributed by atoms with van der Waals surface area (Å²) in [4.78, 5) is 29.5. The number of ether oxygens (including phenoxy) is 2. The largest absolute Gasteiger partial charge is 0.454 e. The van der Waals surface area contributed by atoms with Gasteiger partial charge >= 0.3 is 0 Å². The molecule has 0 aliphatic carbocycles. The summed E-state index contributed by atoms with van der Waals surface area (Å²) >= 11 is 3.38. The number of hydrogen-bond donors (Lipinski definition) is 3. The normalized spacial score (nSPS) is 12.6. The molecule has 2 heterocycles. The van der Waals surface area contributed by atoms with E-state index < -0.39 is 0 Å². The molecule has 5 rings (SSSR count). The highest BCUT2D eigenvalue weighted by Crippen LogP contribution is 2.33. The van der Waals surface area contributed by atoms with Crippen molar-refractivity contribution in [1.29, 1.82) is 0 Å². The molecule has 3 N–H and O–H groups in total. The molecule has 0 unspecified atom stereocenters. The Morgan fingerprint density at radius 1 is 1.03 bits per heavy atom. The van der Waals surface area contributed by atoms with Crippen LogP contribution in [0, 0.1) is 6.92 Å². The van der Waals surface area contributed by atoms with Crippen molar-refractivity contribution in [3.05, 3.63) is 99.3 Å². The number of para-hydroxylation sites is 1. The quantitative estimate of drug-likeness (QED) is 0.282. The first kappa shape index (κ1) is 23.7. The molecule has 0 saturated heterocycles. The van der Waals surface area contributed by atoms with E-state index in [1.165, 1.54) is 0 Å². The standard InChI is InChI=1S/C28H24BrN3O4/c1-17-21(22-7-2-3-8-23(22)31-17)11-12-30-28(34)24(32-27(33)19-5-4-6-20(29)15-19)13-18-9-10-25-26(14-18)36-16-35-25/h2-10,13-15,31H,11-12,16H2,1H3,(H,30,34)(H,32,33)/b24-13-. The van der Waals surface area contributed by atoms with E-state index in [1.807, 2.05) is 31.2 Å². The van der Waals surface area contributed by atoms with Gasteiger partial charge in [-0.1, -0.05) is 46.3 Å². The summed E-state index contributed by atoms with van der Waals surface area (Å²) in [7, 11) is 0. The maximum absolute atomic E-state index is 13.2. The molecule has 0 spiro atoms. The third kappa shape index (κ3) is 5.13. The molecule has 0 radical (unpaired) electrons. The van der Waals surface area contributed by atoms with Gasteiger partial charge in [0.15, 0.2) is 11.5 Å². The molecule has 3 aromatic carbocycles. The fourth-order valence-corrected chi connectivity index (χ4v) is 4.60. The molecular weight excluding hydrogens is 522 g/mol. The first-order chi connectivity index (χ1) is 17.5. The number of fused-ring (bicyclic) bond motifs is 2. The van der Waals surface area contributed by atoms with Crippen molar-refractivity contribution in [3.63, 3.8) is 0 Å². The van der Waals surface area contributed by atoms with E-state index in [9.17, 15) is 9.59 Å². The molecule has 36 heavy (non-hydrogen) atoms. The second-order valence-electron chi connectivity index (χ2n) is 8.42. The smallest absolute Gasteiger partial charge is 0.267 e. The highest BCUT2D eigenvalue weighted by atomic mass is 79.9. The zero-order valence-electron chi connectivity index (χ0n) is 19.6. The van der Waals surface area contributed by atoms with Gasteiger partial charge in [-0.25, -0.2) is 0 Å². The van der Waals surface area contributed by atoms with Crippen LogP contribution in [0.4, 0.5) is 0 Å². The van der Waals surface area contributed by atoms with Gasteiger partial charge in [0.2, 0.25) is 6.79 Å². The third-order valence-corrected chi connectivity index (χ3v) is 6.47. The SMILES string of the molecule is Cc1[nH]c2ccccc2c1CCNC(=O)/C(=C/c1ccc2c(c1)OCO2)NC(=O)c1cccc(Br)c1. The topological polar surface area (TPSA) is 92.5 Å². The molecule has 1 aliphatic rings. The number of rotatable bonds is 7. The zero-order valence-corrected chi connectivity index (χ0v) is 21.1. The van der Waals surface area contributed by atoms with Crippen LogP contribution in [0.5, 0.6) is 11.5 Å². The number of benzene rings is 3. The number of hydrogen-bond acceptors (Lipinski definition) is 4. The fraction of sp³-hybridized carbons (Fsp3) is 0.143. The van der Waals surface area contributed by atoms with Gasteiger partial charge in [0.25, 0.3) is 11.8 Å². The number of halogens is 1. The minimum atomic E-state index is -0.383. The van der Waals surface area contributed by atoms with Crippen molar-refractivity contribution in [1.82, 2.24) is 15.6 Å². The van der Waals surface area contributed by atoms with Crippen LogP contribution >= 0.6 is 15.9 Å². The molecule has 0 atom stereocenters. The van der Waals surface area contributed by atoms with E-state index in [-0.39, 0.29) is 24.3 Å². The van der Waals surface area contributed by atoms with Gasteiger partial charge in [0, 0.05) is 33.2 Å². The summed E-state index contributed by atoms with van der Waals surface area (Å²) in [6, 6.07) is 20.4. The maximum atomic E-state index is 13.2. The van der Waals surface area contributed by atoms with E-state index in [4.69, 9.17) is 9.47 Å². The van der Waals surface area contributed by atoms with E-state index in [1.54, 1.807) is 42.5 Å². The summed E-state index contributed by atoms with van der Waals surface area (Å²) in [6.07, 6.45) is 2.28. The molecule has 4 aromatic rings. The first-order valence-electron chi connectivity index (χ1n) is 11.5. The number of amides is 2. The Hall–Kier alpha value is -4.04. The Balaban J connectivity index is 1.35. The lowest BCUT2D eigenvalue weighted by Gasteiger charge is -2.12. The number of aromatic amines is 1. The summed E-state index contributed by atoms with van der Waals surface area (Å²) in [5, 5.41) is 6.87. The lowest BCUT2D eigenvalue weighted by Crippen LogP contribution is -2.35. The van der Waals surface area contributed by atoms with Gasteiger partial charge in [0.1, 0.15) is 5.70 Å². The van der Waals surface area contributed by atoms with Crippen LogP contribution in [0.1, 0.15) is 27.2 Å². The number of nitrogens with one attached hydrogen (secondary N) is 3. The number of carbonyl (C=O) groups excluding carboxylic acids is 2. The van der Waals surface area contributed by atoms with Crippen LogP contribution < -0.4 is 20.1 Å². The summed E-state index contributed by atoms with van der Waals surface area (Å²) in [6.45, 7) is 2.59. The van der Waals surface area contributed by atoms with Crippen molar-refractivity contribution < 1.29 is 19.1 Å². The van der Waals surface area contributed by atoms with Gasteiger partial charge in [-0.15, -0.1) is 0 Å². The molecule has 182 valence electrons. The van der Waals surface area contributed by atoms with Crippen molar-refractivity contribution in [2.75, 3.05) is 13.3 Å². The van der Waals surface area contributed by atoms with Gasteiger partial charge in [-0.2, -0.15) is 0 Å². The molecule has 8 heteroatoms. The fourth-order valence-electron chi connectivity index (χ4n) is 4.21. The van der Waals surface area contributed by atoms with E-state index in [0.717, 1.165) is 26.6 Å². The summed E-state index contributed by atoms with van der Waals surface area (Å²) in [5.74, 6) is 0.474. The molecule has 0 bridgehead atoms. The molecule has 2 amide bonds. The first-order valence-corrected chi connectivity index (χ1v) is 12.3. The van der Waals surface area contributed by atoms with Crippen LogP contribution in [0.2, 0.25) is 0 Å². The molecule has 0 saturated carbocycles. The number of aryl methyl sites for hydroxylation is 1. The Labute approximate surface area is 216 Å². The van der Waals surface area contributed by atoms with Crippen LogP contribution in [0.3, 0.4) is 0 Å². The Bertz CT molecular complexity index is 1490. The summed E-state index contributed by atoms with van der Waals surface area (Å²) in [5.41, 5.74) is 4.57. The third-order valence-electron chi connectivity index (χ3n) is 5.97. The van der Waals surface area contributed by atoms with Crippen molar-refractivity contribution >= 4 is 44.7 Å². The maximum Gasteiger partial charge on any atom is 0.267 e. The van der Waals surface area contributed by atoms with Crippen LogP contribution in [0.25, 0.3) is 17.0 Å². The van der Waals surface area contributed by atoms with Crippen molar-refractivity contribution in [2.24, 2.45) is 0 Å². The van der Waals surface area contributed by atoms with Crippen LogP contribution in [-0.4, -0.2) is 30.1 Å². The molecular formula is C28H24BrN3O4. The molecule has 0 fully saturated rings. The second kappa shape index (κ2) is 10.3. The Morgan fingerprint density at radius 2 is 1.86 bits per heavy atom. The molecule has 7 nitrogen and oxygen atoms in total. The van der Waals surface area contributed by atoms with E-state index in [0.29, 0.717) is 35.6 Å². The lowest BCUT2D eigenvalue weighted by atomic mass is 10.1. The average Bonchev–Trinajstić information content (AvgIpc) is 3.47. The predicted octanol–water partition coefficient (Wildman–Crippen LogP) is 5.10. The second-order valence-corrected chi connectivity index (χ2v) is 9.33. The molecule has 1 aromatic heterocycles. The Morgan fingerprint density at radius 3 is 2.72 bits per heavy atom. The van der Waals surface area contributed by atoms with Crippen molar-refractivity contribution in [3.8, 4) is 11.5 Å². The number of H-pyrrole nitrogens is 1. The van der Waals surface area contributed by atoms with E-state index in [2.05, 4.69) is 37.6 Å². The Kier molecular flexibility index (Phi) is 6.77. The highest BCUT2D eigenvalue weighted by molar-refractivity contribution is 9.10. The predicted molar refractivity (Wildman–Crippen MR) is 142 cm³/mol. The van der Waals surface area contributed by atoms with Gasteiger partial charge in [-0.3, -0.25) is 9.59 Å². The highest BCUT2D eigenvalue weighted by Gasteiger charge is 2.17.